The van der Waals surface area contributed by atoms with Gasteiger partial charge in [0.25, 0.3) is 10.0 Å². The third-order valence-corrected chi connectivity index (χ3v) is 6.66. The number of benzene rings is 2. The van der Waals surface area contributed by atoms with Gasteiger partial charge in [-0.25, -0.2) is 13.2 Å². The van der Waals surface area contributed by atoms with Crippen molar-refractivity contribution in [3.05, 3.63) is 64.8 Å². The molecule has 5 rings (SSSR count). The van der Waals surface area contributed by atoms with Crippen molar-refractivity contribution in [2.75, 3.05) is 17.5 Å². The molecule has 2 aromatic heterocycles. The Labute approximate surface area is 170 Å². The molecule has 3 heterocycles. The van der Waals surface area contributed by atoms with Crippen LogP contribution in [0.15, 0.2) is 62.6 Å². The lowest BCUT2D eigenvalue weighted by Crippen LogP contribution is -2.37. The third kappa shape index (κ3) is 2.84. The molecular formula is C20H14N4O5S. The van der Waals surface area contributed by atoms with Crippen LogP contribution in [0.1, 0.15) is 5.76 Å². The third-order valence-electron chi connectivity index (χ3n) is 4.86. The van der Waals surface area contributed by atoms with Crippen LogP contribution in [-0.4, -0.2) is 31.5 Å². The number of H-pyrrole nitrogens is 2. The largest absolute Gasteiger partial charge is 0.489 e. The number of hydrogen-bond donors (Lipinski definition) is 2. The van der Waals surface area contributed by atoms with Crippen LogP contribution >= 0.6 is 0 Å². The normalized spacial score (nSPS) is 13.6. The van der Waals surface area contributed by atoms with Crippen LogP contribution in [0.5, 0.6) is 5.75 Å². The van der Waals surface area contributed by atoms with E-state index in [9.17, 15) is 13.2 Å². The van der Waals surface area contributed by atoms with Gasteiger partial charge in [-0.05, 0) is 48.5 Å². The van der Waals surface area contributed by atoms with Crippen molar-refractivity contribution in [2.45, 2.75) is 4.90 Å². The van der Waals surface area contributed by atoms with Gasteiger partial charge in [0.15, 0.2) is 0 Å². The molecule has 10 heteroatoms. The van der Waals surface area contributed by atoms with Gasteiger partial charge in [0.2, 0.25) is 5.76 Å². The first-order chi connectivity index (χ1) is 14.5. The van der Waals surface area contributed by atoms with Gasteiger partial charge < -0.3 is 19.1 Å². The molecule has 0 aliphatic carbocycles. The number of nitrogens with zero attached hydrogens (tertiary/aromatic N) is 2. The fraction of sp³-hybridized carbons (Fsp3) is 0.100. The lowest BCUT2D eigenvalue weighted by atomic mass is 10.1. The average molecular weight is 422 g/mol. The lowest BCUT2D eigenvalue weighted by molar-refractivity contribution is 0.316. The number of hydrogen-bond acceptors (Lipinski definition) is 6. The Kier molecular flexibility index (Phi) is 3.94. The molecule has 0 saturated heterocycles. The first kappa shape index (κ1) is 18.1. The molecule has 0 saturated carbocycles. The number of fused-ring (bicyclic) bond motifs is 2. The molecule has 1 aliphatic heterocycles. The zero-order valence-corrected chi connectivity index (χ0v) is 16.2. The second-order valence-electron chi connectivity index (χ2n) is 6.67. The van der Waals surface area contributed by atoms with Crippen molar-refractivity contribution in [1.29, 1.82) is 5.26 Å². The van der Waals surface area contributed by atoms with Crippen LogP contribution in [0.3, 0.4) is 0 Å². The number of rotatable bonds is 3. The van der Waals surface area contributed by atoms with E-state index in [1.165, 1.54) is 16.4 Å². The van der Waals surface area contributed by atoms with Gasteiger partial charge in [0, 0.05) is 5.56 Å². The van der Waals surface area contributed by atoms with E-state index in [0.717, 1.165) is 0 Å². The van der Waals surface area contributed by atoms with E-state index in [4.69, 9.17) is 14.4 Å². The van der Waals surface area contributed by atoms with Gasteiger partial charge in [-0.15, -0.1) is 0 Å². The maximum atomic E-state index is 13.4. The van der Waals surface area contributed by atoms with Crippen LogP contribution in [-0.2, 0) is 10.0 Å². The molecule has 0 spiro atoms. The van der Waals surface area contributed by atoms with Crippen molar-refractivity contribution in [3.63, 3.8) is 0 Å². The van der Waals surface area contributed by atoms with Gasteiger partial charge in [0.1, 0.15) is 24.2 Å². The van der Waals surface area contributed by atoms with Gasteiger partial charge in [0.05, 0.1) is 28.2 Å². The van der Waals surface area contributed by atoms with Crippen molar-refractivity contribution in [2.24, 2.45) is 0 Å². The standard InChI is InChI=1S/C20H14N4O5S/c21-11-13-2-6-18(29-13)12-1-5-19-17(9-12)24(7-8-28-19)30(26,27)14-3-4-15-16(10-14)23-20(25)22-15/h1-6,9-10H,7-8H2,(H2,22,23,25). The molecule has 1 aliphatic rings. The Hall–Kier alpha value is -3.97. The summed E-state index contributed by atoms with van der Waals surface area (Å²) in [4.78, 5) is 16.7. The monoisotopic (exact) mass is 422 g/mol. The summed E-state index contributed by atoms with van der Waals surface area (Å²) in [6.07, 6.45) is 0. The van der Waals surface area contributed by atoms with Gasteiger partial charge in [-0.3, -0.25) is 4.31 Å². The quantitative estimate of drug-likeness (QED) is 0.521. The number of aromatic nitrogens is 2. The van der Waals surface area contributed by atoms with Crippen LogP contribution in [0.25, 0.3) is 22.4 Å². The van der Waals surface area contributed by atoms with Crippen LogP contribution < -0.4 is 14.7 Å². The Bertz CT molecular complexity index is 1490. The summed E-state index contributed by atoms with van der Waals surface area (Å²) in [5.41, 5.74) is 1.51. The van der Waals surface area contributed by atoms with Gasteiger partial charge >= 0.3 is 5.69 Å². The topological polar surface area (TPSA) is 132 Å². The minimum absolute atomic E-state index is 0.0493. The minimum Gasteiger partial charge on any atom is -0.489 e. The summed E-state index contributed by atoms with van der Waals surface area (Å²) >= 11 is 0. The van der Waals surface area contributed by atoms with E-state index in [1.807, 2.05) is 6.07 Å². The molecule has 0 fully saturated rings. The zero-order valence-electron chi connectivity index (χ0n) is 15.4. The Morgan fingerprint density at radius 3 is 2.67 bits per heavy atom. The predicted molar refractivity (Wildman–Crippen MR) is 108 cm³/mol. The highest BCUT2D eigenvalue weighted by atomic mass is 32.2. The molecule has 0 radical (unpaired) electrons. The highest BCUT2D eigenvalue weighted by molar-refractivity contribution is 7.92. The Balaban J connectivity index is 1.60. The van der Waals surface area contributed by atoms with Crippen molar-refractivity contribution in [1.82, 2.24) is 9.97 Å². The molecule has 30 heavy (non-hydrogen) atoms. The summed E-state index contributed by atoms with van der Waals surface area (Å²) in [5, 5.41) is 8.97. The molecule has 150 valence electrons. The van der Waals surface area contributed by atoms with Crippen molar-refractivity contribution in [3.8, 4) is 23.1 Å². The summed E-state index contributed by atoms with van der Waals surface area (Å²) in [6, 6.07) is 14.6. The fourth-order valence-corrected chi connectivity index (χ4v) is 4.93. The van der Waals surface area contributed by atoms with Crippen LogP contribution in [0.4, 0.5) is 5.69 Å². The summed E-state index contributed by atoms with van der Waals surface area (Å²) < 4.78 is 39.2. The minimum atomic E-state index is -3.92. The number of furan rings is 1. The number of imidazole rings is 1. The molecule has 0 bridgehead atoms. The van der Waals surface area contributed by atoms with E-state index < -0.39 is 15.7 Å². The number of sulfonamides is 1. The first-order valence-electron chi connectivity index (χ1n) is 8.98. The van der Waals surface area contributed by atoms with Gasteiger partial charge in [-0.1, -0.05) is 0 Å². The second kappa shape index (κ2) is 6.53. The van der Waals surface area contributed by atoms with Crippen molar-refractivity contribution < 1.29 is 17.6 Å². The number of anilines is 1. The number of nitriles is 1. The molecule has 9 nitrogen and oxygen atoms in total. The van der Waals surface area contributed by atoms with Crippen molar-refractivity contribution >= 4 is 26.7 Å². The van der Waals surface area contributed by atoms with E-state index in [1.54, 1.807) is 36.4 Å². The SMILES string of the molecule is N#Cc1ccc(-c2ccc3c(c2)N(S(=O)(=O)c2ccc4[nH]c(=O)[nH]c4c2)CCO3)o1. The fourth-order valence-electron chi connectivity index (χ4n) is 3.45. The summed E-state index contributed by atoms with van der Waals surface area (Å²) in [6.45, 7) is 0.330. The summed E-state index contributed by atoms with van der Waals surface area (Å²) in [5.74, 6) is 1.04. The zero-order chi connectivity index (χ0) is 20.9. The van der Waals surface area contributed by atoms with Gasteiger partial charge in [-0.2, -0.15) is 5.26 Å². The van der Waals surface area contributed by atoms with Crippen LogP contribution in [0, 0.1) is 11.3 Å². The number of aromatic amines is 2. The molecule has 0 atom stereocenters. The Morgan fingerprint density at radius 2 is 1.87 bits per heavy atom. The molecule has 2 aromatic carbocycles. The Morgan fingerprint density at radius 1 is 1.03 bits per heavy atom. The molecule has 4 aromatic rings. The molecule has 2 N–H and O–H groups in total. The molecule has 0 unspecified atom stereocenters. The maximum Gasteiger partial charge on any atom is 0.323 e. The highest BCUT2D eigenvalue weighted by Crippen LogP contribution is 2.39. The smallest absolute Gasteiger partial charge is 0.323 e. The lowest BCUT2D eigenvalue weighted by Gasteiger charge is -2.30. The first-order valence-corrected chi connectivity index (χ1v) is 10.4. The maximum absolute atomic E-state index is 13.4. The van der Waals surface area contributed by atoms with Crippen LogP contribution in [0.2, 0.25) is 0 Å². The second-order valence-corrected chi connectivity index (χ2v) is 8.53. The van der Waals surface area contributed by atoms with E-state index in [2.05, 4.69) is 9.97 Å². The predicted octanol–water partition coefficient (Wildman–Crippen LogP) is 2.58. The number of nitrogens with one attached hydrogen (secondary N) is 2. The number of ether oxygens (including phenoxy) is 1. The highest BCUT2D eigenvalue weighted by Gasteiger charge is 2.31. The van der Waals surface area contributed by atoms with E-state index in [0.29, 0.717) is 33.8 Å². The molecule has 0 amide bonds. The van der Waals surface area contributed by atoms with E-state index >= 15 is 0 Å². The summed E-state index contributed by atoms with van der Waals surface area (Å²) in [7, 11) is -3.92. The molecular weight excluding hydrogens is 408 g/mol. The average Bonchev–Trinajstić information content (AvgIpc) is 3.37. The van der Waals surface area contributed by atoms with E-state index in [-0.39, 0.29) is 23.8 Å².